The molecule has 414 valence electrons. The van der Waals surface area contributed by atoms with Crippen molar-refractivity contribution in [3.8, 4) is 11.5 Å². The third-order valence-electron chi connectivity index (χ3n) is 6.94. The number of carboxylic acids is 2. The summed E-state index contributed by atoms with van der Waals surface area (Å²) in [4.78, 5) is 90.6. The predicted molar refractivity (Wildman–Crippen MR) is 266 cm³/mol. The molecule has 0 unspecified atom stereocenters. The number of phenolic OH excluding ortho intramolecular Hbond substituents is 1. The molecule has 25 nitrogen and oxygen atoms in total. The molecule has 0 spiro atoms. The maximum Gasteiger partial charge on any atom is 1.00 e. The van der Waals surface area contributed by atoms with Gasteiger partial charge in [-0.15, -0.1) is 0 Å². The standard InChI is InChI=1S/C10H14O6.C10H10O3.C8H15NO4S.C8H8O3S.C6H11O6P.C4H6O2.Na/c1-7(2)10(14)16-6-5-15-9(13)4-3-8(11)12;1-7(2)10(12)13-9-5-3-8(11)4-6-9;1-6(2)7(10)9-8(3,4)5-14(11,12)13;1-2-7-3-5-8(6-4-7)12(9,10)11;1-5(2)6(7)11-3-4-12-13(8,9)10;1-3(2)4(5)6;/h1,3-6H2,2H3,(H,11,12);3-6,11H,1H2,2H3;1,5H2,2-4H3,(H,9,10)(H,11,12,13);2-6H,1H2,(H,9,10,11);1,3-4H2,2H3,(H2,8,9,10);1H2,2H3,(H,5,6);/q;;;;;;+1/p-1. The van der Waals surface area contributed by atoms with Crippen LogP contribution in [0.25, 0.3) is 6.08 Å². The first-order valence-electron chi connectivity index (χ1n) is 20.5. The molecule has 0 fully saturated rings. The summed E-state index contributed by atoms with van der Waals surface area (Å²) in [5.74, 6) is -4.70. The predicted octanol–water partition coefficient (Wildman–Crippen LogP) is 1.83. The molecule has 0 aliphatic rings. The molecule has 0 aliphatic heterocycles. The van der Waals surface area contributed by atoms with Gasteiger partial charge in [-0.25, -0.2) is 32.2 Å². The van der Waals surface area contributed by atoms with E-state index in [9.17, 15) is 59.5 Å². The second kappa shape index (κ2) is 39.3. The molecule has 7 N–H and O–H groups in total. The first-order valence-corrected chi connectivity index (χ1v) is 25.0. The number of phosphoric ester groups is 1. The minimum Gasteiger partial charge on any atom is -0.744 e. The van der Waals surface area contributed by atoms with Gasteiger partial charge in [0.1, 0.15) is 41.4 Å². The quantitative estimate of drug-likeness (QED) is 0.0137. The molecule has 0 saturated heterocycles. The number of ether oxygens (including phenoxy) is 4. The molecule has 0 aliphatic carbocycles. The molecule has 2 rings (SSSR count). The van der Waals surface area contributed by atoms with Crippen molar-refractivity contribution in [1.82, 2.24) is 5.32 Å². The van der Waals surface area contributed by atoms with Crippen LogP contribution in [-0.4, -0.2) is 130 Å². The molecular formula is C46H63NNaO24PS2. The third-order valence-corrected chi connectivity index (χ3v) is 9.40. The number of aliphatic carboxylic acids is 2. The van der Waals surface area contributed by atoms with Crippen LogP contribution in [0.15, 0.2) is 121 Å². The van der Waals surface area contributed by atoms with Gasteiger partial charge in [-0.3, -0.25) is 23.5 Å². The summed E-state index contributed by atoms with van der Waals surface area (Å²) in [6.07, 6.45) is 1.11. The van der Waals surface area contributed by atoms with Crippen molar-refractivity contribution in [3.05, 3.63) is 121 Å². The number of amides is 1. The van der Waals surface area contributed by atoms with E-state index in [1.165, 1.54) is 90.1 Å². The molecule has 0 saturated carbocycles. The van der Waals surface area contributed by atoms with Gasteiger partial charge in [0.25, 0.3) is 10.1 Å². The number of hydrogen-bond donors (Lipinski definition) is 7. The molecule has 0 bridgehead atoms. The number of nitrogens with one attached hydrogen (secondary N) is 1. The van der Waals surface area contributed by atoms with Crippen molar-refractivity contribution in [2.24, 2.45) is 0 Å². The first-order chi connectivity index (χ1) is 33.6. The van der Waals surface area contributed by atoms with E-state index >= 15 is 0 Å². The maximum absolute atomic E-state index is 11.2. The number of phosphoric acid groups is 1. The number of carboxylic acid groups (broad SMARTS) is 2. The third kappa shape index (κ3) is 49.9. The normalized spacial score (nSPS) is 10.2. The Morgan fingerprint density at radius 3 is 1.43 bits per heavy atom. The smallest absolute Gasteiger partial charge is 0.744 e. The van der Waals surface area contributed by atoms with Crippen LogP contribution in [0.2, 0.25) is 0 Å². The van der Waals surface area contributed by atoms with Gasteiger partial charge in [-0.05, 0) is 90.4 Å². The van der Waals surface area contributed by atoms with Gasteiger partial charge < -0.3 is 53.9 Å². The molecule has 75 heavy (non-hydrogen) atoms. The Bertz CT molecular complexity index is 2560. The molecule has 1 amide bonds. The summed E-state index contributed by atoms with van der Waals surface area (Å²) in [6, 6.07) is 11.5. The number of carbonyl (C=O) groups excluding carboxylic acids is 5. The Kier molecular flexibility index (Phi) is 40.8. The maximum atomic E-state index is 11.2. The van der Waals surface area contributed by atoms with Gasteiger partial charge in [0.05, 0.1) is 35.6 Å². The van der Waals surface area contributed by atoms with Crippen LogP contribution in [-0.2, 0) is 77.1 Å². The molecule has 2 aromatic rings. The van der Waals surface area contributed by atoms with Gasteiger partial charge in [0, 0.05) is 27.9 Å². The average Bonchev–Trinajstić information content (AvgIpc) is 3.25. The number of rotatable bonds is 21. The topological polar surface area (TPSA) is 407 Å². The fourth-order valence-electron chi connectivity index (χ4n) is 3.49. The summed E-state index contributed by atoms with van der Waals surface area (Å²) >= 11 is 0. The van der Waals surface area contributed by atoms with E-state index in [2.05, 4.69) is 63.5 Å². The van der Waals surface area contributed by atoms with E-state index in [1.807, 2.05) is 0 Å². The summed E-state index contributed by atoms with van der Waals surface area (Å²) in [7, 11) is -12.9. The van der Waals surface area contributed by atoms with E-state index in [0.29, 0.717) is 11.3 Å². The Morgan fingerprint density at radius 1 is 0.680 bits per heavy atom. The van der Waals surface area contributed by atoms with Crippen molar-refractivity contribution >= 4 is 75.9 Å². The number of aromatic hydroxyl groups is 1. The van der Waals surface area contributed by atoms with E-state index < -0.39 is 81.1 Å². The van der Waals surface area contributed by atoms with Crippen molar-refractivity contribution in [2.75, 3.05) is 32.2 Å². The van der Waals surface area contributed by atoms with Gasteiger partial charge >= 0.3 is 73.2 Å². The molecule has 0 heterocycles. The second-order valence-corrected chi connectivity index (χ2v) is 19.2. The van der Waals surface area contributed by atoms with E-state index in [0.717, 1.165) is 5.56 Å². The van der Waals surface area contributed by atoms with Gasteiger partial charge in [-0.1, -0.05) is 57.7 Å². The Morgan fingerprint density at radius 2 is 1.09 bits per heavy atom. The van der Waals surface area contributed by atoms with Crippen LogP contribution in [0.4, 0.5) is 0 Å². The zero-order valence-electron chi connectivity index (χ0n) is 42.7. The SMILES string of the molecule is C=C(C)C(=O)NC(C)(C)CS(=O)(=O)O.C=C(C)C(=O)O.C=C(C)C(=O)OCCOC(=O)CCC(=O)O.C=C(C)C(=O)OCCOP(=O)(O)O.C=C(C)C(=O)Oc1ccc(O)cc1.C=Cc1ccc(S(=O)(=O)[O-])cc1.[Na+]. The number of hydrogen-bond acceptors (Lipinski definition) is 19. The number of esters is 4. The van der Waals surface area contributed by atoms with Crippen LogP contribution in [0.5, 0.6) is 11.5 Å². The van der Waals surface area contributed by atoms with Crippen LogP contribution < -0.4 is 39.6 Å². The fourth-order valence-corrected chi connectivity index (χ4v) is 5.26. The van der Waals surface area contributed by atoms with E-state index in [-0.39, 0.29) is 102 Å². The van der Waals surface area contributed by atoms with E-state index in [1.54, 1.807) is 13.0 Å². The van der Waals surface area contributed by atoms with Crippen LogP contribution >= 0.6 is 7.82 Å². The Balaban J connectivity index is -0.000000264. The zero-order valence-corrected chi connectivity index (χ0v) is 47.2. The van der Waals surface area contributed by atoms with Gasteiger partial charge in [0.2, 0.25) is 5.91 Å². The largest absolute Gasteiger partial charge is 1.00 e. The molecule has 0 radical (unpaired) electrons. The summed E-state index contributed by atoms with van der Waals surface area (Å²) in [5, 5.41) is 27.5. The monoisotopic (exact) mass is 1130 g/mol. The van der Waals surface area contributed by atoms with Crippen molar-refractivity contribution in [2.45, 2.75) is 71.7 Å². The molecule has 0 atom stereocenters. The van der Waals surface area contributed by atoms with Crippen LogP contribution in [0.1, 0.15) is 66.9 Å². The molecule has 29 heteroatoms. The minimum atomic E-state index is -4.46. The van der Waals surface area contributed by atoms with Crippen molar-refractivity contribution < 1.29 is 142 Å². The van der Waals surface area contributed by atoms with Gasteiger partial charge in [-0.2, -0.15) is 8.42 Å². The summed E-state index contributed by atoms with van der Waals surface area (Å²) in [6.45, 7) is 30.0. The van der Waals surface area contributed by atoms with Crippen LogP contribution in [0, 0.1) is 0 Å². The van der Waals surface area contributed by atoms with Crippen molar-refractivity contribution in [1.29, 1.82) is 0 Å². The molecule has 2 aromatic carbocycles. The van der Waals surface area contributed by atoms with Crippen LogP contribution in [0.3, 0.4) is 0 Å². The average molecular weight is 1130 g/mol. The molecular weight excluding hydrogens is 1070 g/mol. The first kappa shape index (κ1) is 77.8. The summed E-state index contributed by atoms with van der Waals surface area (Å²) in [5.41, 5.74) is 1.05. The van der Waals surface area contributed by atoms with Gasteiger partial charge in [0.15, 0.2) is 0 Å². The number of benzene rings is 2. The Labute approximate surface area is 457 Å². The number of carbonyl (C=O) groups is 7. The number of phenols is 1. The fraction of sp³-hybridized carbons (Fsp3) is 0.326. The zero-order chi connectivity index (χ0) is 58.8. The Hall–Kier alpha value is -6.10. The second-order valence-electron chi connectivity index (χ2n) is 15.1. The van der Waals surface area contributed by atoms with Crippen molar-refractivity contribution in [3.63, 3.8) is 0 Å². The minimum absolute atomic E-state index is 0. The summed E-state index contributed by atoms with van der Waals surface area (Å²) < 4.78 is 93.9. The van der Waals surface area contributed by atoms with E-state index in [4.69, 9.17) is 34.4 Å². The molecule has 0 aromatic heterocycles.